The van der Waals surface area contributed by atoms with E-state index >= 15 is 0 Å². The van der Waals surface area contributed by atoms with Crippen LogP contribution in [0.4, 0.5) is 5.69 Å². The second-order valence-corrected chi connectivity index (χ2v) is 7.00. The molecule has 0 aliphatic rings. The Kier molecular flexibility index (Phi) is 6.19. The van der Waals surface area contributed by atoms with E-state index in [-0.39, 0.29) is 0 Å². The predicted octanol–water partition coefficient (Wildman–Crippen LogP) is 5.61. The van der Waals surface area contributed by atoms with Gasteiger partial charge in [-0.1, -0.05) is 57.2 Å². The lowest BCUT2D eigenvalue weighted by molar-refractivity contribution is 0.647. The van der Waals surface area contributed by atoms with E-state index in [0.29, 0.717) is 5.92 Å². The molecule has 0 saturated heterocycles. The zero-order valence-corrected chi connectivity index (χ0v) is 14.0. The molecule has 0 heterocycles. The molecule has 1 N–H and O–H groups in total. The highest BCUT2D eigenvalue weighted by Crippen LogP contribution is 2.27. The Balaban J connectivity index is 1.96. The highest BCUT2D eigenvalue weighted by atomic mass is 32.2. The molecular weight excluding hydrogens is 274 g/mol. The van der Waals surface area contributed by atoms with Gasteiger partial charge in [-0.05, 0) is 41.4 Å². The first-order valence-electron chi connectivity index (χ1n) is 7.72. The summed E-state index contributed by atoms with van der Waals surface area (Å²) in [5, 5.41) is 3.55. The molecule has 0 aliphatic heterocycles. The average Bonchev–Trinajstić information content (AvgIpc) is 2.48. The van der Waals surface area contributed by atoms with E-state index in [0.717, 1.165) is 18.7 Å². The number of hydrogen-bond donors (Lipinski definition) is 1. The summed E-state index contributed by atoms with van der Waals surface area (Å²) in [6.07, 6.45) is 1.16. The van der Waals surface area contributed by atoms with Gasteiger partial charge >= 0.3 is 0 Å². The van der Waals surface area contributed by atoms with Crippen molar-refractivity contribution in [2.24, 2.45) is 5.92 Å². The van der Waals surface area contributed by atoms with Gasteiger partial charge in [0.15, 0.2) is 0 Å². The van der Waals surface area contributed by atoms with Gasteiger partial charge in [-0.15, -0.1) is 11.8 Å². The van der Waals surface area contributed by atoms with E-state index in [2.05, 4.69) is 74.6 Å². The summed E-state index contributed by atoms with van der Waals surface area (Å²) in [7, 11) is 0. The molecule has 0 unspecified atom stereocenters. The molecule has 0 atom stereocenters. The van der Waals surface area contributed by atoms with Crippen molar-refractivity contribution in [2.75, 3.05) is 11.1 Å². The van der Waals surface area contributed by atoms with Crippen LogP contribution >= 0.6 is 11.8 Å². The van der Waals surface area contributed by atoms with Gasteiger partial charge in [-0.25, -0.2) is 0 Å². The molecule has 21 heavy (non-hydrogen) atoms. The quantitative estimate of drug-likeness (QED) is 0.667. The van der Waals surface area contributed by atoms with Crippen LogP contribution in [-0.4, -0.2) is 5.75 Å². The van der Waals surface area contributed by atoms with Gasteiger partial charge in [0.1, 0.15) is 0 Å². The third-order valence-corrected chi connectivity index (χ3v) is 4.29. The lowest BCUT2D eigenvalue weighted by Crippen LogP contribution is -2.01. The minimum atomic E-state index is 0.715. The van der Waals surface area contributed by atoms with Crippen molar-refractivity contribution < 1.29 is 0 Å². The standard InChI is InChI=1S/C19H25NS/c1-4-21-19-8-6-5-7-18(19)20-14-17-11-9-16(10-12-17)13-15(2)3/h5-12,15,20H,4,13-14H2,1-3H3. The minimum Gasteiger partial charge on any atom is -0.380 e. The molecular formula is C19H25NS. The summed E-state index contributed by atoms with van der Waals surface area (Å²) in [6.45, 7) is 7.59. The van der Waals surface area contributed by atoms with Gasteiger partial charge in [0.05, 0.1) is 0 Å². The van der Waals surface area contributed by atoms with Crippen LogP contribution in [0.5, 0.6) is 0 Å². The highest BCUT2D eigenvalue weighted by Gasteiger charge is 2.02. The van der Waals surface area contributed by atoms with E-state index in [1.165, 1.54) is 21.7 Å². The summed E-state index contributed by atoms with van der Waals surface area (Å²) in [4.78, 5) is 1.33. The van der Waals surface area contributed by atoms with Crippen LogP contribution in [0.25, 0.3) is 0 Å². The lowest BCUT2D eigenvalue weighted by Gasteiger charge is -2.12. The number of nitrogens with one attached hydrogen (secondary N) is 1. The first-order valence-corrected chi connectivity index (χ1v) is 8.71. The van der Waals surface area contributed by atoms with Gasteiger partial charge in [-0.2, -0.15) is 0 Å². The number of para-hydroxylation sites is 1. The van der Waals surface area contributed by atoms with Crippen molar-refractivity contribution in [3.05, 3.63) is 59.7 Å². The fourth-order valence-electron chi connectivity index (χ4n) is 2.36. The highest BCUT2D eigenvalue weighted by molar-refractivity contribution is 7.99. The molecule has 112 valence electrons. The number of hydrogen-bond acceptors (Lipinski definition) is 2. The number of thioether (sulfide) groups is 1. The van der Waals surface area contributed by atoms with Crippen LogP contribution in [0.15, 0.2) is 53.4 Å². The number of anilines is 1. The summed E-state index contributed by atoms with van der Waals surface area (Å²) in [5.41, 5.74) is 3.99. The fourth-order valence-corrected chi connectivity index (χ4v) is 3.14. The van der Waals surface area contributed by atoms with E-state index in [4.69, 9.17) is 0 Å². The van der Waals surface area contributed by atoms with Crippen LogP contribution in [0.2, 0.25) is 0 Å². The monoisotopic (exact) mass is 299 g/mol. The van der Waals surface area contributed by atoms with Crippen LogP contribution in [0.1, 0.15) is 31.9 Å². The average molecular weight is 299 g/mol. The Morgan fingerprint density at radius 3 is 2.29 bits per heavy atom. The normalized spacial score (nSPS) is 10.9. The smallest absolute Gasteiger partial charge is 0.0481 e. The van der Waals surface area contributed by atoms with E-state index in [9.17, 15) is 0 Å². The topological polar surface area (TPSA) is 12.0 Å². The Morgan fingerprint density at radius 2 is 1.62 bits per heavy atom. The largest absolute Gasteiger partial charge is 0.380 e. The Bertz CT molecular complexity index is 546. The van der Waals surface area contributed by atoms with Crippen molar-refractivity contribution in [3.63, 3.8) is 0 Å². The zero-order valence-electron chi connectivity index (χ0n) is 13.2. The third kappa shape index (κ3) is 5.13. The van der Waals surface area contributed by atoms with Crippen molar-refractivity contribution in [1.29, 1.82) is 0 Å². The van der Waals surface area contributed by atoms with Gasteiger partial charge < -0.3 is 5.32 Å². The molecule has 2 aromatic rings. The molecule has 0 radical (unpaired) electrons. The first kappa shape index (κ1) is 16.0. The van der Waals surface area contributed by atoms with E-state index in [1.54, 1.807) is 0 Å². The van der Waals surface area contributed by atoms with Crippen molar-refractivity contribution in [3.8, 4) is 0 Å². The summed E-state index contributed by atoms with van der Waals surface area (Å²) in [5.74, 6) is 1.81. The van der Waals surface area contributed by atoms with Gasteiger partial charge in [-0.3, -0.25) is 0 Å². The Labute approximate surface area is 133 Å². The van der Waals surface area contributed by atoms with Crippen LogP contribution in [-0.2, 0) is 13.0 Å². The summed E-state index contributed by atoms with van der Waals surface area (Å²) >= 11 is 1.88. The second-order valence-electron chi connectivity index (χ2n) is 5.70. The number of rotatable bonds is 7. The maximum absolute atomic E-state index is 3.55. The van der Waals surface area contributed by atoms with Gasteiger partial charge in [0, 0.05) is 17.1 Å². The first-order chi connectivity index (χ1) is 10.2. The van der Waals surface area contributed by atoms with E-state index < -0.39 is 0 Å². The minimum absolute atomic E-state index is 0.715. The molecule has 2 heteroatoms. The maximum atomic E-state index is 3.55. The molecule has 0 amide bonds. The van der Waals surface area contributed by atoms with Crippen LogP contribution in [0, 0.1) is 5.92 Å². The zero-order chi connectivity index (χ0) is 15.1. The summed E-state index contributed by atoms with van der Waals surface area (Å²) < 4.78 is 0. The molecule has 0 aromatic heterocycles. The van der Waals surface area contributed by atoms with E-state index in [1.807, 2.05) is 11.8 Å². The number of benzene rings is 2. The Hall–Kier alpha value is -1.41. The molecule has 0 bridgehead atoms. The molecule has 0 saturated carbocycles. The Morgan fingerprint density at radius 1 is 0.952 bits per heavy atom. The predicted molar refractivity (Wildman–Crippen MR) is 95.2 cm³/mol. The molecule has 1 nitrogen and oxygen atoms in total. The van der Waals surface area contributed by atoms with Crippen molar-refractivity contribution in [2.45, 2.75) is 38.6 Å². The fraction of sp³-hybridized carbons (Fsp3) is 0.368. The molecule has 0 spiro atoms. The molecule has 0 aliphatic carbocycles. The van der Waals surface area contributed by atoms with Crippen molar-refractivity contribution >= 4 is 17.4 Å². The third-order valence-electron chi connectivity index (χ3n) is 3.34. The van der Waals surface area contributed by atoms with Crippen LogP contribution < -0.4 is 5.32 Å². The molecule has 0 fully saturated rings. The molecule has 2 aromatic carbocycles. The lowest BCUT2D eigenvalue weighted by atomic mass is 10.0. The van der Waals surface area contributed by atoms with Crippen LogP contribution in [0.3, 0.4) is 0 Å². The second kappa shape index (κ2) is 8.14. The SMILES string of the molecule is CCSc1ccccc1NCc1ccc(CC(C)C)cc1. The van der Waals surface area contributed by atoms with Gasteiger partial charge in [0.25, 0.3) is 0 Å². The summed E-state index contributed by atoms with van der Waals surface area (Å²) in [6, 6.07) is 17.5. The van der Waals surface area contributed by atoms with Gasteiger partial charge in [0.2, 0.25) is 0 Å². The molecule has 2 rings (SSSR count). The maximum Gasteiger partial charge on any atom is 0.0481 e. The van der Waals surface area contributed by atoms with Crippen molar-refractivity contribution in [1.82, 2.24) is 0 Å².